The Bertz CT molecular complexity index is 1070. The molecule has 2 unspecified atom stereocenters. The van der Waals surface area contributed by atoms with Gasteiger partial charge >= 0.3 is 6.09 Å². The van der Waals surface area contributed by atoms with Gasteiger partial charge in [0, 0.05) is 12.6 Å². The van der Waals surface area contributed by atoms with Crippen LogP contribution in [0.5, 0.6) is 5.75 Å². The fourth-order valence-corrected chi connectivity index (χ4v) is 4.98. The Morgan fingerprint density at radius 3 is 2.84 bits per heavy atom. The Morgan fingerprint density at radius 1 is 1.25 bits per heavy atom. The molecule has 1 saturated heterocycles. The van der Waals surface area contributed by atoms with E-state index in [0.29, 0.717) is 25.4 Å². The van der Waals surface area contributed by atoms with E-state index in [1.807, 2.05) is 48.2 Å². The summed E-state index contributed by atoms with van der Waals surface area (Å²) in [6, 6.07) is 15.7. The number of hydrogen-bond acceptors (Lipinski definition) is 5. The van der Waals surface area contributed by atoms with Crippen LogP contribution < -0.4 is 15.1 Å². The molecule has 2 amide bonds. The van der Waals surface area contributed by atoms with Gasteiger partial charge < -0.3 is 19.6 Å². The van der Waals surface area contributed by atoms with Crippen LogP contribution in [-0.2, 0) is 11.2 Å². The monoisotopic (exact) mass is 434 g/mol. The number of ether oxygens (including phenoxy) is 1. The van der Waals surface area contributed by atoms with E-state index < -0.39 is 6.09 Å². The maximum atomic E-state index is 12.2. The topological polar surface area (TPSA) is 94.5 Å². The number of benzene rings is 2. The average molecular weight is 434 g/mol. The van der Waals surface area contributed by atoms with Crippen LogP contribution in [0.1, 0.15) is 36.8 Å². The summed E-state index contributed by atoms with van der Waals surface area (Å²) in [6.07, 6.45) is 1.33. The molecule has 0 aliphatic carbocycles. The van der Waals surface area contributed by atoms with Gasteiger partial charge in [-0.3, -0.25) is 4.79 Å². The molecule has 8 nitrogen and oxygen atoms in total. The van der Waals surface area contributed by atoms with Gasteiger partial charge in [0.15, 0.2) is 5.84 Å². The number of rotatable bonds is 3. The maximum Gasteiger partial charge on any atom is 0.407 e. The predicted molar refractivity (Wildman–Crippen MR) is 120 cm³/mol. The number of amidine groups is 1. The first-order chi connectivity index (χ1) is 15.5. The number of hydrogen-bond donors (Lipinski definition) is 2. The van der Waals surface area contributed by atoms with Gasteiger partial charge in [-0.15, -0.1) is 0 Å². The molecule has 3 heterocycles. The molecule has 0 spiro atoms. The normalized spacial score (nSPS) is 24.6. The van der Waals surface area contributed by atoms with Crippen molar-refractivity contribution in [2.75, 3.05) is 18.1 Å². The van der Waals surface area contributed by atoms with Gasteiger partial charge in [-0.25, -0.2) is 10.2 Å². The molecule has 0 aromatic heterocycles. The Kier molecular flexibility index (Phi) is 5.20. The number of likely N-dealkylation sites (tertiary alicyclic amines) is 1. The zero-order valence-corrected chi connectivity index (χ0v) is 17.9. The number of nitrogens with one attached hydrogen (secondary N) is 1. The number of fused-ring (bicyclic) bond motifs is 3. The highest BCUT2D eigenvalue weighted by Crippen LogP contribution is 2.40. The molecule has 2 aromatic carbocycles. The standard InChI is InChI=1S/C24H26N4O4/c1-15-23(29)26-25-22-14-32-21-8-7-17(13-20(21)28(15)22)18-9-10-27(24(30)31)19(12-18)11-16-5-3-2-4-6-16/h2-8,13,15,18-19H,9-12,14H2,1H3,(H,26,29)(H,30,31)/t15-,18?,19?/m1/s1. The summed E-state index contributed by atoms with van der Waals surface area (Å²) in [7, 11) is 0. The molecule has 3 atom stereocenters. The lowest BCUT2D eigenvalue weighted by Gasteiger charge is -2.40. The van der Waals surface area contributed by atoms with Crippen molar-refractivity contribution in [3.63, 3.8) is 0 Å². The summed E-state index contributed by atoms with van der Waals surface area (Å²) in [5.41, 5.74) is 5.66. The molecule has 3 aliphatic heterocycles. The van der Waals surface area contributed by atoms with E-state index in [4.69, 9.17) is 4.74 Å². The quantitative estimate of drug-likeness (QED) is 0.774. The van der Waals surface area contributed by atoms with Crippen LogP contribution in [0.25, 0.3) is 0 Å². The Labute approximate surface area is 186 Å². The van der Waals surface area contributed by atoms with Gasteiger partial charge in [-0.2, -0.15) is 5.10 Å². The minimum absolute atomic E-state index is 0.0854. The summed E-state index contributed by atoms with van der Waals surface area (Å²) in [5.74, 6) is 1.49. The zero-order valence-electron chi connectivity index (χ0n) is 17.9. The van der Waals surface area contributed by atoms with Crippen molar-refractivity contribution in [2.45, 2.75) is 44.2 Å². The van der Waals surface area contributed by atoms with Crippen LogP contribution in [0.2, 0.25) is 0 Å². The fraction of sp³-hybridized carbons (Fsp3) is 0.375. The van der Waals surface area contributed by atoms with Crippen molar-refractivity contribution in [3.05, 3.63) is 59.7 Å². The van der Waals surface area contributed by atoms with E-state index >= 15 is 0 Å². The second-order valence-corrected chi connectivity index (χ2v) is 8.61. The van der Waals surface area contributed by atoms with Crippen LogP contribution in [0.3, 0.4) is 0 Å². The van der Waals surface area contributed by atoms with Crippen molar-refractivity contribution < 1.29 is 19.4 Å². The third-order valence-corrected chi connectivity index (χ3v) is 6.69. The van der Waals surface area contributed by atoms with E-state index in [1.54, 1.807) is 4.90 Å². The van der Waals surface area contributed by atoms with Gasteiger partial charge in [0.2, 0.25) is 0 Å². The third-order valence-electron chi connectivity index (χ3n) is 6.69. The second kappa shape index (κ2) is 8.18. The van der Waals surface area contributed by atoms with E-state index in [9.17, 15) is 14.7 Å². The largest absolute Gasteiger partial charge is 0.483 e. The summed E-state index contributed by atoms with van der Waals surface area (Å²) < 4.78 is 5.86. The number of piperidine rings is 1. The first-order valence-corrected chi connectivity index (χ1v) is 11.0. The molecule has 32 heavy (non-hydrogen) atoms. The highest BCUT2D eigenvalue weighted by atomic mass is 16.5. The zero-order chi connectivity index (χ0) is 22.2. The van der Waals surface area contributed by atoms with Gasteiger partial charge in [0.1, 0.15) is 18.4 Å². The van der Waals surface area contributed by atoms with Gasteiger partial charge in [-0.1, -0.05) is 36.4 Å². The van der Waals surface area contributed by atoms with Gasteiger partial charge in [-0.05, 0) is 55.4 Å². The highest BCUT2D eigenvalue weighted by molar-refractivity contribution is 6.09. The number of nitrogens with zero attached hydrogens (tertiary/aromatic N) is 3. The molecular formula is C24H26N4O4. The van der Waals surface area contributed by atoms with Gasteiger partial charge in [0.25, 0.3) is 5.91 Å². The first-order valence-electron chi connectivity index (χ1n) is 11.0. The molecule has 0 saturated carbocycles. The Balaban J connectivity index is 1.43. The van der Waals surface area contributed by atoms with Crippen molar-refractivity contribution in [3.8, 4) is 5.75 Å². The van der Waals surface area contributed by atoms with Crippen LogP contribution in [-0.4, -0.2) is 53.1 Å². The van der Waals surface area contributed by atoms with Crippen LogP contribution in [0.15, 0.2) is 53.6 Å². The molecule has 0 bridgehead atoms. The number of hydrazone groups is 1. The second-order valence-electron chi connectivity index (χ2n) is 8.61. The van der Waals surface area contributed by atoms with E-state index in [0.717, 1.165) is 35.4 Å². The van der Waals surface area contributed by atoms with Crippen molar-refractivity contribution in [1.82, 2.24) is 10.3 Å². The highest BCUT2D eigenvalue weighted by Gasteiger charge is 2.37. The van der Waals surface area contributed by atoms with E-state index in [-0.39, 0.29) is 23.9 Å². The molecular weight excluding hydrogens is 408 g/mol. The van der Waals surface area contributed by atoms with Crippen molar-refractivity contribution in [1.29, 1.82) is 0 Å². The molecule has 8 heteroatoms. The molecule has 166 valence electrons. The molecule has 0 radical (unpaired) electrons. The third kappa shape index (κ3) is 3.66. The first kappa shape index (κ1) is 20.4. The number of carbonyl (C=O) groups is 2. The minimum Gasteiger partial charge on any atom is -0.483 e. The Morgan fingerprint density at radius 2 is 2.06 bits per heavy atom. The number of amides is 2. The summed E-state index contributed by atoms with van der Waals surface area (Å²) in [4.78, 5) is 27.6. The number of anilines is 1. The molecule has 1 fully saturated rings. The lowest BCUT2D eigenvalue weighted by molar-refractivity contribution is -0.122. The Hall–Kier alpha value is -3.55. The molecule has 2 N–H and O–H groups in total. The van der Waals surface area contributed by atoms with E-state index in [2.05, 4.69) is 22.7 Å². The van der Waals surface area contributed by atoms with Crippen molar-refractivity contribution in [2.24, 2.45) is 5.10 Å². The number of carboxylic acid groups (broad SMARTS) is 1. The van der Waals surface area contributed by atoms with Crippen molar-refractivity contribution >= 4 is 23.5 Å². The summed E-state index contributed by atoms with van der Waals surface area (Å²) in [5, 5.41) is 13.9. The lowest BCUT2D eigenvalue weighted by atomic mass is 9.83. The van der Waals surface area contributed by atoms with Crippen LogP contribution >= 0.6 is 0 Å². The molecule has 5 rings (SSSR count). The fourth-order valence-electron chi connectivity index (χ4n) is 4.98. The predicted octanol–water partition coefficient (Wildman–Crippen LogP) is 3.19. The van der Waals surface area contributed by atoms with Crippen LogP contribution in [0, 0.1) is 0 Å². The minimum atomic E-state index is -0.864. The summed E-state index contributed by atoms with van der Waals surface area (Å²) >= 11 is 0. The average Bonchev–Trinajstić information content (AvgIpc) is 2.81. The van der Waals surface area contributed by atoms with E-state index in [1.165, 1.54) is 0 Å². The summed E-state index contributed by atoms with van der Waals surface area (Å²) in [6.45, 7) is 2.67. The smallest absolute Gasteiger partial charge is 0.407 e. The molecule has 3 aliphatic rings. The maximum absolute atomic E-state index is 12.2. The SMILES string of the molecule is C[C@@H]1C(=O)NN=C2COc3ccc(C4CCN(C(=O)O)C(Cc5ccccc5)C4)cc3N21. The lowest BCUT2D eigenvalue weighted by Crippen LogP contribution is -2.55. The van der Waals surface area contributed by atoms with Gasteiger partial charge in [0.05, 0.1) is 5.69 Å². The number of carbonyl (C=O) groups excluding carboxylic acids is 1. The molecule has 2 aromatic rings. The van der Waals surface area contributed by atoms with Crippen LogP contribution in [0.4, 0.5) is 10.5 Å².